The summed E-state index contributed by atoms with van der Waals surface area (Å²) in [4.78, 5) is 11.5. The summed E-state index contributed by atoms with van der Waals surface area (Å²) in [6, 6.07) is 3.51. The van der Waals surface area contributed by atoms with Crippen molar-refractivity contribution in [2.75, 3.05) is 5.73 Å². The monoisotopic (exact) mass is 236 g/mol. The van der Waals surface area contributed by atoms with Gasteiger partial charge in [0, 0.05) is 6.20 Å². The first-order chi connectivity index (χ1) is 7.75. The number of nitrogens with two attached hydrogens (primary N) is 1. The lowest BCUT2D eigenvalue weighted by molar-refractivity contribution is 0.0949. The smallest absolute Gasteiger partial charge is 0.282 e. The van der Waals surface area contributed by atoms with Crippen molar-refractivity contribution in [3.8, 4) is 0 Å². The number of hydrogen-bond donors (Lipinski definition) is 2. The highest BCUT2D eigenvalue weighted by Gasteiger charge is 2.10. The van der Waals surface area contributed by atoms with Crippen LogP contribution in [-0.2, 0) is 6.54 Å². The Labute approximate surface area is 94.7 Å². The highest BCUT2D eigenvalue weighted by Crippen LogP contribution is 2.10. The van der Waals surface area contributed by atoms with Crippen LogP contribution in [0.25, 0.3) is 0 Å². The van der Waals surface area contributed by atoms with E-state index in [-0.39, 0.29) is 16.0 Å². The minimum Gasteiger partial charge on any atom is -0.374 e. The Morgan fingerprint density at radius 2 is 2.31 bits per heavy atom. The average molecular weight is 236 g/mol. The molecule has 0 bridgehead atoms. The van der Waals surface area contributed by atoms with E-state index in [4.69, 9.17) is 5.73 Å². The predicted octanol–water partition coefficient (Wildman–Crippen LogP) is -0.160. The Bertz CT molecular complexity index is 484. The van der Waals surface area contributed by atoms with Gasteiger partial charge in [0.15, 0.2) is 0 Å². The number of nitrogen functional groups attached to an aromatic ring is 1. The van der Waals surface area contributed by atoms with Crippen LogP contribution in [0.1, 0.15) is 15.5 Å². The van der Waals surface area contributed by atoms with Gasteiger partial charge in [0.1, 0.15) is 0 Å². The maximum atomic E-state index is 11.5. The zero-order valence-electron chi connectivity index (χ0n) is 8.12. The predicted molar refractivity (Wildman–Crippen MR) is 57.5 cm³/mol. The molecular weight excluding hydrogens is 228 g/mol. The van der Waals surface area contributed by atoms with Gasteiger partial charge in [-0.05, 0) is 12.1 Å². The number of anilines is 1. The molecule has 0 aliphatic heterocycles. The van der Waals surface area contributed by atoms with E-state index in [0.717, 1.165) is 11.3 Å². The minimum absolute atomic E-state index is 0.237. The van der Waals surface area contributed by atoms with Crippen LogP contribution >= 0.6 is 11.3 Å². The largest absolute Gasteiger partial charge is 0.374 e. The summed E-state index contributed by atoms with van der Waals surface area (Å²) in [6.07, 6.45) is 1.57. The van der Waals surface area contributed by atoms with Crippen LogP contribution in [0.3, 0.4) is 0 Å². The van der Waals surface area contributed by atoms with Crippen LogP contribution in [0.2, 0.25) is 0 Å². The van der Waals surface area contributed by atoms with Gasteiger partial charge in [-0.15, -0.1) is 10.2 Å². The molecule has 0 aliphatic carbocycles. The van der Waals surface area contributed by atoms with Crippen LogP contribution in [-0.4, -0.2) is 26.3 Å². The lowest BCUT2D eigenvalue weighted by atomic mass is 10.4. The van der Waals surface area contributed by atoms with E-state index in [2.05, 4.69) is 25.7 Å². The standard InChI is InChI=1S/C8H8N6OS/c9-8-14-13-7(16-8)6(15)10-4-5-2-1-3-11-12-5/h1-3H,4H2,(H2,9,14)(H,10,15). The van der Waals surface area contributed by atoms with Crippen LogP contribution in [0.5, 0.6) is 0 Å². The van der Waals surface area contributed by atoms with E-state index in [9.17, 15) is 4.79 Å². The van der Waals surface area contributed by atoms with E-state index in [1.165, 1.54) is 0 Å². The van der Waals surface area contributed by atoms with Crippen LogP contribution in [0, 0.1) is 0 Å². The number of rotatable bonds is 3. The van der Waals surface area contributed by atoms with Crippen molar-refractivity contribution in [1.82, 2.24) is 25.7 Å². The second-order valence-corrected chi connectivity index (χ2v) is 3.85. The van der Waals surface area contributed by atoms with Gasteiger partial charge in [-0.25, -0.2) is 0 Å². The van der Waals surface area contributed by atoms with Crippen molar-refractivity contribution in [2.45, 2.75) is 6.54 Å². The van der Waals surface area contributed by atoms with Gasteiger partial charge in [0.05, 0.1) is 12.2 Å². The molecule has 0 radical (unpaired) electrons. The molecule has 2 aromatic heterocycles. The fourth-order valence-corrected chi connectivity index (χ4v) is 1.53. The Morgan fingerprint density at radius 3 is 2.94 bits per heavy atom. The first-order valence-electron chi connectivity index (χ1n) is 4.39. The summed E-state index contributed by atoms with van der Waals surface area (Å²) >= 11 is 1.04. The molecule has 0 saturated heterocycles. The number of aromatic nitrogens is 4. The summed E-state index contributed by atoms with van der Waals surface area (Å²) in [5.41, 5.74) is 6.04. The molecule has 2 aromatic rings. The first kappa shape index (κ1) is 10.4. The number of hydrogen-bond acceptors (Lipinski definition) is 7. The van der Waals surface area contributed by atoms with Crippen LogP contribution < -0.4 is 11.1 Å². The molecule has 0 atom stereocenters. The molecule has 0 aromatic carbocycles. The zero-order valence-corrected chi connectivity index (χ0v) is 8.94. The van der Waals surface area contributed by atoms with Crippen molar-refractivity contribution in [3.05, 3.63) is 29.0 Å². The molecule has 0 unspecified atom stereocenters. The summed E-state index contributed by atoms with van der Waals surface area (Å²) in [5, 5.41) is 17.8. The maximum absolute atomic E-state index is 11.5. The molecule has 82 valence electrons. The second-order valence-electron chi connectivity index (χ2n) is 2.84. The first-order valence-corrected chi connectivity index (χ1v) is 5.21. The van der Waals surface area contributed by atoms with Crippen molar-refractivity contribution >= 4 is 22.4 Å². The highest BCUT2D eigenvalue weighted by atomic mass is 32.1. The Morgan fingerprint density at radius 1 is 1.44 bits per heavy atom. The molecule has 0 spiro atoms. The Hall–Kier alpha value is -2.09. The lowest BCUT2D eigenvalue weighted by Crippen LogP contribution is -2.23. The Kier molecular flexibility index (Phi) is 3.01. The number of nitrogens with zero attached hydrogens (tertiary/aromatic N) is 4. The van der Waals surface area contributed by atoms with E-state index in [1.807, 2.05) is 0 Å². The van der Waals surface area contributed by atoms with Crippen molar-refractivity contribution < 1.29 is 4.79 Å². The maximum Gasteiger partial charge on any atom is 0.282 e. The summed E-state index contributed by atoms with van der Waals surface area (Å²) in [5.74, 6) is -0.320. The third kappa shape index (κ3) is 2.48. The third-order valence-corrected chi connectivity index (χ3v) is 2.44. The van der Waals surface area contributed by atoms with Gasteiger partial charge < -0.3 is 11.1 Å². The van der Waals surface area contributed by atoms with Gasteiger partial charge in [-0.3, -0.25) is 4.79 Å². The summed E-state index contributed by atoms with van der Waals surface area (Å²) < 4.78 is 0. The van der Waals surface area contributed by atoms with Gasteiger partial charge in [-0.2, -0.15) is 10.2 Å². The normalized spacial score (nSPS) is 10.0. The molecule has 2 rings (SSSR count). The van der Waals surface area contributed by atoms with Crippen molar-refractivity contribution in [2.24, 2.45) is 0 Å². The van der Waals surface area contributed by atoms with E-state index in [0.29, 0.717) is 12.2 Å². The molecule has 3 N–H and O–H groups in total. The molecule has 7 nitrogen and oxygen atoms in total. The molecule has 16 heavy (non-hydrogen) atoms. The lowest BCUT2D eigenvalue weighted by Gasteiger charge is -2.00. The van der Waals surface area contributed by atoms with Crippen LogP contribution in [0.15, 0.2) is 18.3 Å². The van der Waals surface area contributed by atoms with E-state index >= 15 is 0 Å². The number of amides is 1. The van der Waals surface area contributed by atoms with E-state index in [1.54, 1.807) is 18.3 Å². The molecule has 0 fully saturated rings. The summed E-state index contributed by atoms with van der Waals surface area (Å²) in [7, 11) is 0. The fourth-order valence-electron chi connectivity index (χ4n) is 1.00. The average Bonchev–Trinajstić information content (AvgIpc) is 2.74. The number of carbonyl (C=O) groups is 1. The van der Waals surface area contributed by atoms with Gasteiger partial charge >= 0.3 is 0 Å². The van der Waals surface area contributed by atoms with E-state index < -0.39 is 0 Å². The zero-order chi connectivity index (χ0) is 11.4. The van der Waals surface area contributed by atoms with Gasteiger partial charge in [-0.1, -0.05) is 11.3 Å². The van der Waals surface area contributed by atoms with Crippen molar-refractivity contribution in [1.29, 1.82) is 0 Å². The van der Waals surface area contributed by atoms with Crippen LogP contribution in [0.4, 0.5) is 5.13 Å². The number of carbonyl (C=O) groups excluding carboxylic acids is 1. The molecule has 0 aliphatic rings. The molecule has 2 heterocycles. The summed E-state index contributed by atoms with van der Waals surface area (Å²) in [6.45, 7) is 0.298. The third-order valence-electron chi connectivity index (χ3n) is 1.69. The number of nitrogens with one attached hydrogen (secondary N) is 1. The van der Waals surface area contributed by atoms with Crippen molar-refractivity contribution in [3.63, 3.8) is 0 Å². The quantitative estimate of drug-likeness (QED) is 0.766. The van der Waals surface area contributed by atoms with Gasteiger partial charge in [0.25, 0.3) is 5.91 Å². The minimum atomic E-state index is -0.320. The molecular formula is C8H8N6OS. The van der Waals surface area contributed by atoms with Gasteiger partial charge in [0.2, 0.25) is 10.1 Å². The molecule has 8 heteroatoms. The Balaban J connectivity index is 1.94. The molecule has 1 amide bonds. The molecule has 0 saturated carbocycles. The SMILES string of the molecule is Nc1nnc(C(=O)NCc2cccnn2)s1. The fraction of sp³-hybridized carbons (Fsp3) is 0.125. The highest BCUT2D eigenvalue weighted by molar-refractivity contribution is 7.16. The second kappa shape index (κ2) is 4.62. The topological polar surface area (TPSA) is 107 Å².